The number of thiophene rings is 1. The highest BCUT2D eigenvalue weighted by Gasteiger charge is 2.29. The van der Waals surface area contributed by atoms with Crippen LogP contribution in [0.15, 0.2) is 83.8 Å². The van der Waals surface area contributed by atoms with E-state index in [4.69, 9.17) is 10.7 Å². The van der Waals surface area contributed by atoms with Crippen LogP contribution in [-0.4, -0.2) is 43.2 Å². The van der Waals surface area contributed by atoms with Crippen LogP contribution in [0.2, 0.25) is 0 Å². The fraction of sp³-hybridized carbons (Fsp3) is 0.167. The van der Waals surface area contributed by atoms with Crippen molar-refractivity contribution in [1.82, 2.24) is 24.3 Å². The molecule has 2 aromatic carbocycles. The minimum Gasteiger partial charge on any atom is -0.382 e. The highest BCUT2D eigenvalue weighted by Crippen LogP contribution is 2.37. The zero-order chi connectivity index (χ0) is 25.6. The molecular formula is C30H26N6OS. The quantitative estimate of drug-likeness (QED) is 0.290. The second-order valence-corrected chi connectivity index (χ2v) is 10.5. The normalized spacial score (nSPS) is 14.5. The molecule has 6 aromatic rings. The molecule has 0 aliphatic carbocycles. The van der Waals surface area contributed by atoms with Gasteiger partial charge in [-0.15, -0.1) is 0 Å². The molecule has 1 aliphatic rings. The number of carbonyl (C=O) groups excluding carboxylic acids is 1. The van der Waals surface area contributed by atoms with Gasteiger partial charge in [-0.1, -0.05) is 48.5 Å². The van der Waals surface area contributed by atoms with Crippen molar-refractivity contribution >= 4 is 39.5 Å². The first kappa shape index (κ1) is 22.7. The highest BCUT2D eigenvalue weighted by atomic mass is 32.1. The molecule has 7 nitrogen and oxygen atoms in total. The fourth-order valence-corrected chi connectivity index (χ4v) is 6.24. The molecule has 1 amide bonds. The molecule has 0 bridgehead atoms. The number of likely N-dealkylation sites (tertiary alicyclic amines) is 1. The van der Waals surface area contributed by atoms with Crippen LogP contribution >= 0.6 is 11.3 Å². The first-order valence-electron chi connectivity index (χ1n) is 12.8. The molecular weight excluding hydrogens is 492 g/mol. The highest BCUT2D eigenvalue weighted by molar-refractivity contribution is 7.08. The molecule has 3 N–H and O–H groups in total. The number of nitrogens with zero attached hydrogens (tertiary/aromatic N) is 4. The van der Waals surface area contributed by atoms with Crippen molar-refractivity contribution in [1.29, 1.82) is 0 Å². The number of aromatic nitrogens is 4. The lowest BCUT2D eigenvalue weighted by molar-refractivity contribution is 0.0711. The summed E-state index contributed by atoms with van der Waals surface area (Å²) >= 11 is 1.55. The maximum absolute atomic E-state index is 12.8. The van der Waals surface area contributed by atoms with Crippen LogP contribution in [0.1, 0.15) is 34.9 Å². The molecule has 0 spiro atoms. The van der Waals surface area contributed by atoms with Gasteiger partial charge in [-0.2, -0.15) is 11.3 Å². The number of amides is 1. The van der Waals surface area contributed by atoms with Crippen molar-refractivity contribution in [3.63, 3.8) is 0 Å². The summed E-state index contributed by atoms with van der Waals surface area (Å²) in [4.78, 5) is 28.0. The second-order valence-electron chi connectivity index (χ2n) is 9.75. The van der Waals surface area contributed by atoms with Crippen LogP contribution in [-0.2, 0) is 0 Å². The summed E-state index contributed by atoms with van der Waals surface area (Å²) in [5.41, 5.74) is 13.1. The molecule has 0 atom stereocenters. The third-order valence-corrected chi connectivity index (χ3v) is 8.21. The van der Waals surface area contributed by atoms with E-state index in [0.717, 1.165) is 63.2 Å². The average Bonchev–Trinajstić information content (AvgIpc) is 3.72. The average molecular weight is 519 g/mol. The number of benzene rings is 2. The summed E-state index contributed by atoms with van der Waals surface area (Å²) in [7, 11) is 0. The van der Waals surface area contributed by atoms with Crippen molar-refractivity contribution < 1.29 is 4.79 Å². The molecule has 1 fully saturated rings. The Morgan fingerprint density at radius 3 is 2.68 bits per heavy atom. The van der Waals surface area contributed by atoms with Gasteiger partial charge in [-0.05, 0) is 35.9 Å². The largest absolute Gasteiger partial charge is 0.382 e. The van der Waals surface area contributed by atoms with Crippen molar-refractivity contribution in [2.45, 2.75) is 18.8 Å². The van der Waals surface area contributed by atoms with Gasteiger partial charge in [-0.3, -0.25) is 9.20 Å². The number of nitrogens with one attached hydrogen (secondary N) is 1. The van der Waals surface area contributed by atoms with Crippen LogP contribution in [0.5, 0.6) is 0 Å². The van der Waals surface area contributed by atoms with Crippen LogP contribution in [0.25, 0.3) is 38.9 Å². The summed E-state index contributed by atoms with van der Waals surface area (Å²) in [6.07, 6.45) is 5.37. The van der Waals surface area contributed by atoms with Gasteiger partial charge in [0.05, 0.1) is 16.8 Å². The Balaban J connectivity index is 1.26. The van der Waals surface area contributed by atoms with Gasteiger partial charge in [0.1, 0.15) is 22.9 Å². The van der Waals surface area contributed by atoms with E-state index in [1.807, 2.05) is 34.0 Å². The van der Waals surface area contributed by atoms with Gasteiger partial charge in [0, 0.05) is 47.7 Å². The number of piperidine rings is 1. The van der Waals surface area contributed by atoms with E-state index in [9.17, 15) is 4.79 Å². The van der Waals surface area contributed by atoms with Gasteiger partial charge in [0.15, 0.2) is 0 Å². The number of anilines is 1. The van der Waals surface area contributed by atoms with Gasteiger partial charge in [0.2, 0.25) is 0 Å². The van der Waals surface area contributed by atoms with E-state index in [1.54, 1.807) is 17.5 Å². The number of fused-ring (bicyclic) bond motifs is 2. The first-order chi connectivity index (χ1) is 18.7. The zero-order valence-corrected chi connectivity index (χ0v) is 21.5. The number of hydrogen-bond donors (Lipinski definition) is 2. The molecule has 0 saturated carbocycles. The van der Waals surface area contributed by atoms with Crippen LogP contribution in [0.3, 0.4) is 0 Å². The molecule has 38 heavy (non-hydrogen) atoms. The van der Waals surface area contributed by atoms with Crippen molar-refractivity contribution in [3.05, 3.63) is 95.2 Å². The fourth-order valence-electron chi connectivity index (χ4n) is 5.61. The number of aromatic amines is 1. The molecule has 8 heteroatoms. The number of nitrogen functional groups attached to an aromatic ring is 1. The molecule has 1 saturated heterocycles. The number of hydrogen-bond acceptors (Lipinski definition) is 5. The molecule has 1 aliphatic heterocycles. The summed E-state index contributed by atoms with van der Waals surface area (Å²) in [6.45, 7) is 1.41. The lowest BCUT2D eigenvalue weighted by Gasteiger charge is -2.31. The maximum atomic E-state index is 12.8. The minimum absolute atomic E-state index is 0.110. The Kier molecular flexibility index (Phi) is 5.47. The monoisotopic (exact) mass is 518 g/mol. The number of imidazole rings is 1. The third kappa shape index (κ3) is 3.76. The molecule has 7 rings (SSSR count). The molecule has 0 unspecified atom stereocenters. The van der Waals surface area contributed by atoms with Gasteiger partial charge < -0.3 is 15.6 Å². The lowest BCUT2D eigenvalue weighted by Crippen LogP contribution is -2.38. The van der Waals surface area contributed by atoms with E-state index in [0.29, 0.717) is 18.9 Å². The van der Waals surface area contributed by atoms with Crippen LogP contribution < -0.4 is 5.73 Å². The van der Waals surface area contributed by atoms with E-state index in [2.05, 4.69) is 62.9 Å². The minimum atomic E-state index is 0.110. The number of H-pyrrole nitrogens is 1. The van der Waals surface area contributed by atoms with E-state index >= 15 is 0 Å². The van der Waals surface area contributed by atoms with Crippen LogP contribution in [0, 0.1) is 0 Å². The molecule has 5 heterocycles. The SMILES string of the molecule is Nc1nccn2c(C3CCN(C(=O)c4ccsc4)CC3)nc(-c3cc4cccc(-c5ccccc5)c4[nH]3)c12. The molecule has 0 radical (unpaired) electrons. The van der Waals surface area contributed by atoms with Crippen LogP contribution in [0.4, 0.5) is 5.82 Å². The van der Waals surface area contributed by atoms with Gasteiger partial charge >= 0.3 is 0 Å². The second kappa shape index (κ2) is 9.15. The van der Waals surface area contributed by atoms with Crippen molar-refractivity contribution in [3.8, 4) is 22.5 Å². The number of para-hydroxylation sites is 1. The van der Waals surface area contributed by atoms with Gasteiger partial charge in [0.25, 0.3) is 5.91 Å². The Morgan fingerprint density at radius 1 is 1.05 bits per heavy atom. The summed E-state index contributed by atoms with van der Waals surface area (Å²) < 4.78 is 2.09. The van der Waals surface area contributed by atoms with E-state index < -0.39 is 0 Å². The topological polar surface area (TPSA) is 92.3 Å². The number of carbonyl (C=O) groups is 1. The van der Waals surface area contributed by atoms with E-state index in [1.165, 1.54) is 0 Å². The third-order valence-electron chi connectivity index (χ3n) is 7.52. The standard InChI is InChI=1S/C30H26N6OS/c31-28-27-26(24-17-21-7-4-8-23(25(21)33-24)19-5-2-1-3-6-19)34-29(36(27)15-12-32-28)20-9-13-35(14-10-20)30(37)22-11-16-38-18-22/h1-8,11-12,15-18,20,33H,9-10,13-14H2,(H2,31,32). The van der Waals surface area contributed by atoms with E-state index in [-0.39, 0.29) is 11.8 Å². The predicted octanol–water partition coefficient (Wildman–Crippen LogP) is 6.21. The Hall–Kier alpha value is -4.43. The molecule has 4 aromatic heterocycles. The number of nitrogens with two attached hydrogens (primary N) is 1. The predicted molar refractivity (Wildman–Crippen MR) is 152 cm³/mol. The Morgan fingerprint density at radius 2 is 1.89 bits per heavy atom. The summed E-state index contributed by atoms with van der Waals surface area (Å²) in [5.74, 6) is 1.75. The lowest BCUT2D eigenvalue weighted by atomic mass is 9.95. The zero-order valence-electron chi connectivity index (χ0n) is 20.7. The first-order valence-corrected chi connectivity index (χ1v) is 13.7. The van der Waals surface area contributed by atoms with Crippen molar-refractivity contribution in [2.24, 2.45) is 0 Å². The maximum Gasteiger partial charge on any atom is 0.254 e. The Labute approximate surface area is 223 Å². The number of rotatable bonds is 4. The smallest absolute Gasteiger partial charge is 0.254 e. The van der Waals surface area contributed by atoms with Crippen molar-refractivity contribution in [2.75, 3.05) is 18.8 Å². The summed E-state index contributed by atoms with van der Waals surface area (Å²) in [5, 5.41) is 4.98. The summed E-state index contributed by atoms with van der Waals surface area (Å²) in [6, 6.07) is 20.7. The molecule has 188 valence electrons. The Bertz CT molecular complexity index is 1760. The van der Waals surface area contributed by atoms with Gasteiger partial charge in [-0.25, -0.2) is 9.97 Å².